The van der Waals surface area contributed by atoms with Crippen molar-refractivity contribution < 1.29 is 14.4 Å². The van der Waals surface area contributed by atoms with Gasteiger partial charge in [0.05, 0.1) is 12.1 Å². The minimum atomic E-state index is -0.850. The zero-order valence-corrected chi connectivity index (χ0v) is 11.9. The number of hydrogen-bond acceptors (Lipinski definition) is 4. The van der Waals surface area contributed by atoms with E-state index in [2.05, 4.69) is 10.5 Å². The van der Waals surface area contributed by atoms with Crippen LogP contribution in [-0.2, 0) is 5.54 Å². The van der Waals surface area contributed by atoms with Gasteiger partial charge in [-0.1, -0.05) is 35.5 Å². The molecule has 21 heavy (non-hydrogen) atoms. The second-order valence-electron chi connectivity index (χ2n) is 5.70. The van der Waals surface area contributed by atoms with Crippen LogP contribution in [0.25, 0.3) is 0 Å². The minimum Gasteiger partial charge on any atom is -0.394 e. The molecule has 1 fully saturated rings. The summed E-state index contributed by atoms with van der Waals surface area (Å²) in [6.07, 6.45) is 2.18. The summed E-state index contributed by atoms with van der Waals surface area (Å²) in [5.41, 5.74) is 0.246. The van der Waals surface area contributed by atoms with Crippen molar-refractivity contribution in [2.24, 2.45) is 0 Å². The van der Waals surface area contributed by atoms with Crippen molar-refractivity contribution in [3.8, 4) is 0 Å². The van der Waals surface area contributed by atoms with E-state index in [1.54, 1.807) is 13.0 Å². The van der Waals surface area contributed by atoms with Gasteiger partial charge >= 0.3 is 0 Å². The van der Waals surface area contributed by atoms with Crippen LogP contribution >= 0.6 is 0 Å². The van der Waals surface area contributed by atoms with E-state index in [0.29, 0.717) is 5.92 Å². The van der Waals surface area contributed by atoms with Crippen molar-refractivity contribution in [2.75, 3.05) is 6.61 Å². The van der Waals surface area contributed by atoms with Gasteiger partial charge in [-0.3, -0.25) is 4.79 Å². The maximum Gasteiger partial charge on any atom is 0.274 e. The molecule has 0 bridgehead atoms. The molecule has 110 valence electrons. The SMILES string of the molecule is CC(CO)(NC(=O)c1cc(C2CC2)on1)c1ccccc1. The summed E-state index contributed by atoms with van der Waals surface area (Å²) in [6, 6.07) is 11.1. The van der Waals surface area contributed by atoms with E-state index in [1.807, 2.05) is 30.3 Å². The van der Waals surface area contributed by atoms with Crippen LogP contribution in [0.5, 0.6) is 0 Å². The number of benzene rings is 1. The largest absolute Gasteiger partial charge is 0.394 e. The van der Waals surface area contributed by atoms with Gasteiger partial charge in [0.15, 0.2) is 5.69 Å². The van der Waals surface area contributed by atoms with E-state index in [0.717, 1.165) is 24.2 Å². The smallest absolute Gasteiger partial charge is 0.274 e. The maximum atomic E-state index is 12.3. The summed E-state index contributed by atoms with van der Waals surface area (Å²) in [6.45, 7) is 1.58. The summed E-state index contributed by atoms with van der Waals surface area (Å²) in [4.78, 5) is 12.3. The van der Waals surface area contributed by atoms with Crippen LogP contribution in [0, 0.1) is 0 Å². The van der Waals surface area contributed by atoms with E-state index >= 15 is 0 Å². The molecule has 1 amide bonds. The molecular formula is C16H18N2O3. The van der Waals surface area contributed by atoms with Crippen LogP contribution in [0.15, 0.2) is 40.9 Å². The lowest BCUT2D eigenvalue weighted by atomic mass is 9.92. The highest BCUT2D eigenvalue weighted by Gasteiger charge is 2.32. The van der Waals surface area contributed by atoms with E-state index in [4.69, 9.17) is 4.52 Å². The molecule has 1 aromatic carbocycles. The monoisotopic (exact) mass is 286 g/mol. The van der Waals surface area contributed by atoms with Gasteiger partial charge in [0.1, 0.15) is 5.76 Å². The van der Waals surface area contributed by atoms with Crippen LogP contribution in [0.1, 0.15) is 47.5 Å². The third-order valence-corrected chi connectivity index (χ3v) is 3.86. The Morgan fingerprint density at radius 2 is 2.14 bits per heavy atom. The highest BCUT2D eigenvalue weighted by molar-refractivity contribution is 5.92. The quantitative estimate of drug-likeness (QED) is 0.883. The lowest BCUT2D eigenvalue weighted by molar-refractivity contribution is 0.0840. The average molecular weight is 286 g/mol. The van der Waals surface area contributed by atoms with Gasteiger partial charge in [-0.05, 0) is 25.3 Å². The fourth-order valence-corrected chi connectivity index (χ4v) is 2.28. The molecule has 5 nitrogen and oxygen atoms in total. The molecule has 1 saturated carbocycles. The Kier molecular flexibility index (Phi) is 3.51. The highest BCUT2D eigenvalue weighted by Crippen LogP contribution is 2.40. The lowest BCUT2D eigenvalue weighted by Crippen LogP contribution is -2.46. The van der Waals surface area contributed by atoms with Crippen molar-refractivity contribution in [3.63, 3.8) is 0 Å². The molecule has 0 aliphatic heterocycles. The lowest BCUT2D eigenvalue weighted by Gasteiger charge is -2.28. The Balaban J connectivity index is 1.77. The second kappa shape index (κ2) is 5.33. The normalized spacial score (nSPS) is 17.2. The van der Waals surface area contributed by atoms with Gasteiger partial charge in [0.2, 0.25) is 0 Å². The van der Waals surface area contributed by atoms with Crippen molar-refractivity contribution in [1.29, 1.82) is 0 Å². The number of nitrogens with one attached hydrogen (secondary N) is 1. The van der Waals surface area contributed by atoms with E-state index in [1.165, 1.54) is 0 Å². The topological polar surface area (TPSA) is 75.4 Å². The number of aromatic nitrogens is 1. The Morgan fingerprint density at radius 1 is 1.43 bits per heavy atom. The molecule has 1 unspecified atom stereocenters. The summed E-state index contributed by atoms with van der Waals surface area (Å²) in [7, 11) is 0. The summed E-state index contributed by atoms with van der Waals surface area (Å²) >= 11 is 0. The predicted octanol–water partition coefficient (Wildman–Crippen LogP) is 2.19. The Labute approximate surface area is 123 Å². The fourth-order valence-electron chi connectivity index (χ4n) is 2.28. The number of hydrogen-bond donors (Lipinski definition) is 2. The molecule has 3 rings (SSSR count). The molecule has 5 heteroatoms. The highest BCUT2D eigenvalue weighted by atomic mass is 16.5. The fraction of sp³-hybridized carbons (Fsp3) is 0.375. The third kappa shape index (κ3) is 2.83. The molecule has 1 heterocycles. The third-order valence-electron chi connectivity index (χ3n) is 3.86. The number of rotatable bonds is 5. The van der Waals surface area contributed by atoms with Gasteiger partial charge in [-0.15, -0.1) is 0 Å². The van der Waals surface area contributed by atoms with Crippen LogP contribution in [0.2, 0.25) is 0 Å². The first-order chi connectivity index (χ1) is 10.1. The van der Waals surface area contributed by atoms with Crippen molar-refractivity contribution in [2.45, 2.75) is 31.2 Å². The first-order valence-corrected chi connectivity index (χ1v) is 7.08. The second-order valence-corrected chi connectivity index (χ2v) is 5.70. The summed E-state index contributed by atoms with van der Waals surface area (Å²) < 4.78 is 5.19. The zero-order chi connectivity index (χ0) is 14.9. The van der Waals surface area contributed by atoms with Crippen molar-refractivity contribution in [1.82, 2.24) is 10.5 Å². The standard InChI is InChI=1S/C16H18N2O3/c1-16(10-19,12-5-3-2-4-6-12)17-15(20)13-9-14(21-18-13)11-7-8-11/h2-6,9,11,19H,7-8,10H2,1H3,(H,17,20). The Bertz CT molecular complexity index is 634. The molecule has 1 aliphatic rings. The van der Waals surface area contributed by atoms with Gasteiger partial charge in [0.25, 0.3) is 5.91 Å². The van der Waals surface area contributed by atoms with Crippen LogP contribution < -0.4 is 5.32 Å². The first kappa shape index (κ1) is 13.8. The molecule has 1 atom stereocenters. The van der Waals surface area contributed by atoms with E-state index < -0.39 is 5.54 Å². The van der Waals surface area contributed by atoms with Gasteiger partial charge < -0.3 is 14.9 Å². The van der Waals surface area contributed by atoms with Gasteiger partial charge in [0, 0.05) is 12.0 Å². The first-order valence-electron chi connectivity index (χ1n) is 7.08. The number of aliphatic hydroxyl groups is 1. The number of amides is 1. The average Bonchev–Trinajstić information content (AvgIpc) is 3.25. The minimum absolute atomic E-state index is 0.198. The molecule has 1 aromatic heterocycles. The van der Waals surface area contributed by atoms with Gasteiger partial charge in [-0.25, -0.2) is 0 Å². The molecule has 1 aliphatic carbocycles. The molecule has 2 N–H and O–H groups in total. The molecular weight excluding hydrogens is 268 g/mol. The maximum absolute atomic E-state index is 12.3. The molecule has 0 radical (unpaired) electrons. The van der Waals surface area contributed by atoms with E-state index in [-0.39, 0.29) is 18.2 Å². The number of nitrogens with zero attached hydrogens (tertiary/aromatic N) is 1. The predicted molar refractivity (Wildman–Crippen MR) is 76.8 cm³/mol. The Hall–Kier alpha value is -2.14. The molecule has 2 aromatic rings. The van der Waals surface area contributed by atoms with Crippen LogP contribution in [0.3, 0.4) is 0 Å². The zero-order valence-electron chi connectivity index (χ0n) is 11.9. The van der Waals surface area contributed by atoms with Crippen LogP contribution in [-0.4, -0.2) is 22.8 Å². The molecule has 0 spiro atoms. The number of carbonyl (C=O) groups excluding carboxylic acids is 1. The number of carbonyl (C=O) groups is 1. The summed E-state index contributed by atoms with van der Waals surface area (Å²) in [5.74, 6) is 0.842. The molecule has 0 saturated heterocycles. The summed E-state index contributed by atoms with van der Waals surface area (Å²) in [5, 5.41) is 16.3. The van der Waals surface area contributed by atoms with E-state index in [9.17, 15) is 9.90 Å². The van der Waals surface area contributed by atoms with Crippen molar-refractivity contribution >= 4 is 5.91 Å². The number of aliphatic hydroxyl groups excluding tert-OH is 1. The van der Waals surface area contributed by atoms with Crippen molar-refractivity contribution in [3.05, 3.63) is 53.4 Å². The van der Waals surface area contributed by atoms with Gasteiger partial charge in [-0.2, -0.15) is 0 Å². The van der Waals surface area contributed by atoms with Crippen LogP contribution in [0.4, 0.5) is 0 Å². The Morgan fingerprint density at radius 3 is 2.76 bits per heavy atom.